The topological polar surface area (TPSA) is 90.4 Å². The van der Waals surface area contributed by atoms with Gasteiger partial charge in [-0.3, -0.25) is 4.79 Å². The Bertz CT molecular complexity index is 1080. The summed E-state index contributed by atoms with van der Waals surface area (Å²) >= 11 is 0. The minimum absolute atomic E-state index is 0.0526. The van der Waals surface area contributed by atoms with Crippen molar-refractivity contribution in [3.8, 4) is 17.1 Å². The Labute approximate surface area is 187 Å². The van der Waals surface area contributed by atoms with Gasteiger partial charge < -0.3 is 20.1 Å². The standard InChI is InChI=1S/C23H23F4N3O3/c24-17-9-7-15(8-10-17)22-29-13-20(23(25,26)27)30(22)14-16-4-1-2-6-19(16)33-11-3-5-18(28)12-21(31)32/h1-2,4,6-10,13,18H,3,5,11-12,14,28H2,(H,31,32)/t18-/m1/s1. The summed E-state index contributed by atoms with van der Waals surface area (Å²) in [5.41, 5.74) is 5.65. The maximum atomic E-state index is 13.7. The predicted molar refractivity (Wildman–Crippen MR) is 113 cm³/mol. The van der Waals surface area contributed by atoms with Gasteiger partial charge in [-0.05, 0) is 43.2 Å². The molecule has 0 radical (unpaired) electrons. The van der Waals surface area contributed by atoms with E-state index >= 15 is 0 Å². The Morgan fingerprint density at radius 1 is 1.15 bits per heavy atom. The number of rotatable bonds is 10. The SMILES string of the molecule is N[C@H](CCCOc1ccccc1Cn1c(C(F)(F)F)cnc1-c1ccc(F)cc1)CC(=O)O. The number of hydrogen-bond acceptors (Lipinski definition) is 4. The number of carboxylic acid groups (broad SMARTS) is 1. The Kier molecular flexibility index (Phi) is 7.70. The maximum Gasteiger partial charge on any atom is 0.433 e. The molecule has 2 aromatic carbocycles. The lowest BCUT2D eigenvalue weighted by Gasteiger charge is -2.17. The fraction of sp³-hybridized carbons (Fsp3) is 0.304. The molecule has 0 amide bonds. The van der Waals surface area contributed by atoms with E-state index in [0.717, 1.165) is 22.9 Å². The van der Waals surface area contributed by atoms with Gasteiger partial charge in [-0.1, -0.05) is 18.2 Å². The molecule has 176 valence electrons. The number of carbonyl (C=O) groups is 1. The summed E-state index contributed by atoms with van der Waals surface area (Å²) in [5, 5.41) is 8.76. The van der Waals surface area contributed by atoms with E-state index in [1.54, 1.807) is 24.3 Å². The first-order valence-corrected chi connectivity index (χ1v) is 10.2. The van der Waals surface area contributed by atoms with Crippen molar-refractivity contribution in [3.05, 3.63) is 71.8 Å². The van der Waals surface area contributed by atoms with Crippen molar-refractivity contribution >= 4 is 5.97 Å². The number of halogens is 4. The average molecular weight is 465 g/mol. The van der Waals surface area contributed by atoms with Crippen LogP contribution in [0, 0.1) is 5.82 Å². The fourth-order valence-electron chi connectivity index (χ4n) is 3.39. The van der Waals surface area contributed by atoms with E-state index in [-0.39, 0.29) is 25.4 Å². The van der Waals surface area contributed by atoms with Crippen molar-refractivity contribution < 1.29 is 32.2 Å². The van der Waals surface area contributed by atoms with E-state index in [2.05, 4.69) is 4.98 Å². The average Bonchev–Trinajstić information content (AvgIpc) is 3.16. The molecule has 3 N–H and O–H groups in total. The second-order valence-corrected chi connectivity index (χ2v) is 7.51. The highest BCUT2D eigenvalue weighted by molar-refractivity contribution is 5.67. The van der Waals surface area contributed by atoms with Crippen LogP contribution in [0.2, 0.25) is 0 Å². The first-order valence-electron chi connectivity index (χ1n) is 10.2. The van der Waals surface area contributed by atoms with Crippen LogP contribution in [0.5, 0.6) is 5.75 Å². The van der Waals surface area contributed by atoms with Crippen molar-refractivity contribution in [1.82, 2.24) is 9.55 Å². The lowest BCUT2D eigenvalue weighted by Crippen LogP contribution is -2.24. The number of aromatic nitrogens is 2. The molecule has 33 heavy (non-hydrogen) atoms. The van der Waals surface area contributed by atoms with Crippen LogP contribution in [-0.2, 0) is 17.5 Å². The molecule has 0 unspecified atom stereocenters. The fourth-order valence-corrected chi connectivity index (χ4v) is 3.39. The van der Waals surface area contributed by atoms with Crippen molar-refractivity contribution in [2.45, 2.75) is 38.0 Å². The summed E-state index contributed by atoms with van der Waals surface area (Å²) in [6, 6.07) is 11.3. The number of aliphatic carboxylic acids is 1. The first kappa shape index (κ1) is 24.2. The van der Waals surface area contributed by atoms with Crippen molar-refractivity contribution in [2.75, 3.05) is 6.61 Å². The van der Waals surface area contributed by atoms with E-state index in [1.165, 1.54) is 12.1 Å². The molecule has 1 atom stereocenters. The molecule has 0 aliphatic carbocycles. The molecule has 0 saturated heterocycles. The number of nitrogens with zero attached hydrogens (tertiary/aromatic N) is 2. The van der Waals surface area contributed by atoms with Gasteiger partial charge in [-0.2, -0.15) is 13.2 Å². The van der Waals surface area contributed by atoms with Crippen molar-refractivity contribution in [1.29, 1.82) is 0 Å². The van der Waals surface area contributed by atoms with E-state index < -0.39 is 29.7 Å². The number of nitrogens with two attached hydrogens (primary N) is 1. The molecule has 0 aliphatic heterocycles. The third kappa shape index (κ3) is 6.55. The molecule has 0 saturated carbocycles. The predicted octanol–water partition coefficient (Wildman–Crippen LogP) is 4.72. The highest BCUT2D eigenvalue weighted by atomic mass is 19.4. The van der Waals surface area contributed by atoms with Crippen molar-refractivity contribution in [3.63, 3.8) is 0 Å². The van der Waals surface area contributed by atoms with E-state index in [0.29, 0.717) is 29.7 Å². The van der Waals surface area contributed by atoms with Gasteiger partial charge in [0, 0.05) is 17.2 Å². The molecule has 10 heteroatoms. The first-order chi connectivity index (χ1) is 15.6. The minimum Gasteiger partial charge on any atom is -0.493 e. The molecule has 0 spiro atoms. The van der Waals surface area contributed by atoms with Gasteiger partial charge in [0.15, 0.2) is 0 Å². The van der Waals surface area contributed by atoms with Crippen LogP contribution in [0.3, 0.4) is 0 Å². The zero-order valence-electron chi connectivity index (χ0n) is 17.6. The number of hydrogen-bond donors (Lipinski definition) is 2. The summed E-state index contributed by atoms with van der Waals surface area (Å²) < 4.78 is 61.0. The van der Waals surface area contributed by atoms with Crippen LogP contribution >= 0.6 is 0 Å². The van der Waals surface area contributed by atoms with Gasteiger partial charge >= 0.3 is 12.1 Å². The van der Waals surface area contributed by atoms with Gasteiger partial charge in [0.25, 0.3) is 0 Å². The maximum absolute atomic E-state index is 13.7. The number of imidazole rings is 1. The number of carboxylic acids is 1. The van der Waals surface area contributed by atoms with Crippen LogP contribution in [0.1, 0.15) is 30.5 Å². The Morgan fingerprint density at radius 3 is 2.52 bits per heavy atom. The van der Waals surface area contributed by atoms with Crippen LogP contribution in [-0.4, -0.2) is 33.3 Å². The van der Waals surface area contributed by atoms with Gasteiger partial charge in [0.2, 0.25) is 0 Å². The second-order valence-electron chi connectivity index (χ2n) is 7.51. The smallest absolute Gasteiger partial charge is 0.433 e. The summed E-state index contributed by atoms with van der Waals surface area (Å²) in [4.78, 5) is 14.6. The highest BCUT2D eigenvalue weighted by Crippen LogP contribution is 2.34. The number of alkyl halides is 3. The molecule has 0 fully saturated rings. The quantitative estimate of drug-likeness (QED) is 0.334. The summed E-state index contributed by atoms with van der Waals surface area (Å²) in [6.45, 7) is 0.0570. The summed E-state index contributed by atoms with van der Waals surface area (Å²) in [5.74, 6) is -1.03. The normalized spacial score (nSPS) is 12.5. The largest absolute Gasteiger partial charge is 0.493 e. The summed E-state index contributed by atoms with van der Waals surface area (Å²) in [6.07, 6.45) is -3.11. The van der Waals surface area contributed by atoms with E-state index in [1.807, 2.05) is 0 Å². The molecule has 1 heterocycles. The molecule has 6 nitrogen and oxygen atoms in total. The van der Waals surface area contributed by atoms with E-state index in [4.69, 9.17) is 15.6 Å². The molecular weight excluding hydrogens is 442 g/mol. The van der Waals surface area contributed by atoms with E-state index in [9.17, 15) is 22.4 Å². The van der Waals surface area contributed by atoms with Gasteiger partial charge in [-0.25, -0.2) is 9.37 Å². The Balaban J connectivity index is 1.81. The van der Waals surface area contributed by atoms with Gasteiger partial charge in [-0.15, -0.1) is 0 Å². The number of para-hydroxylation sites is 1. The van der Waals surface area contributed by atoms with Crippen LogP contribution in [0.15, 0.2) is 54.7 Å². The van der Waals surface area contributed by atoms with Gasteiger partial charge in [0.1, 0.15) is 23.1 Å². The molecule has 3 rings (SSSR count). The zero-order chi connectivity index (χ0) is 24.0. The van der Waals surface area contributed by atoms with Crippen LogP contribution < -0.4 is 10.5 Å². The van der Waals surface area contributed by atoms with Crippen LogP contribution in [0.4, 0.5) is 17.6 Å². The minimum atomic E-state index is -4.64. The van der Waals surface area contributed by atoms with Crippen molar-refractivity contribution in [2.24, 2.45) is 5.73 Å². The lowest BCUT2D eigenvalue weighted by atomic mass is 10.1. The Morgan fingerprint density at radius 2 is 1.85 bits per heavy atom. The third-order valence-electron chi connectivity index (χ3n) is 4.96. The second kappa shape index (κ2) is 10.5. The lowest BCUT2D eigenvalue weighted by molar-refractivity contribution is -0.143. The van der Waals surface area contributed by atoms with Crippen LogP contribution in [0.25, 0.3) is 11.4 Å². The Hall–Kier alpha value is -3.40. The number of benzene rings is 2. The summed E-state index contributed by atoms with van der Waals surface area (Å²) in [7, 11) is 0. The molecule has 0 aliphatic rings. The molecule has 0 bridgehead atoms. The molecular formula is C23H23F4N3O3. The molecule has 1 aromatic heterocycles. The molecule has 3 aromatic rings. The monoisotopic (exact) mass is 465 g/mol. The third-order valence-corrected chi connectivity index (χ3v) is 4.96. The number of ether oxygens (including phenoxy) is 1. The zero-order valence-corrected chi connectivity index (χ0v) is 17.6. The highest BCUT2D eigenvalue weighted by Gasteiger charge is 2.36. The van der Waals surface area contributed by atoms with Gasteiger partial charge in [0.05, 0.1) is 25.8 Å².